The molecule has 0 aliphatic carbocycles. The lowest BCUT2D eigenvalue weighted by Crippen LogP contribution is -2.40. The van der Waals surface area contributed by atoms with E-state index in [9.17, 15) is 22.4 Å². The van der Waals surface area contributed by atoms with Crippen LogP contribution in [-0.2, 0) is 24.3 Å². The standard InChI is InChI=1S/C19H18FIN2O6S/c20-17-6-5-15(30(26,27)23-7-9-28-10-8-23)11-16(17)19(25)29-12-18(24)22-14-3-1-13(21)2-4-14/h1-6,11H,7-10,12H2,(H,22,24). The SMILES string of the molecule is O=C(COC(=O)c1cc(S(=O)(=O)N2CCOCC2)ccc1F)Nc1ccc(I)cc1. The minimum Gasteiger partial charge on any atom is -0.452 e. The predicted octanol–water partition coefficient (Wildman–Crippen LogP) is 2.25. The molecule has 11 heteroatoms. The quantitative estimate of drug-likeness (QED) is 0.439. The zero-order valence-electron chi connectivity index (χ0n) is 15.6. The van der Waals surface area contributed by atoms with Crippen molar-refractivity contribution in [2.75, 3.05) is 38.2 Å². The lowest BCUT2D eigenvalue weighted by Gasteiger charge is -2.26. The van der Waals surface area contributed by atoms with E-state index in [2.05, 4.69) is 27.9 Å². The monoisotopic (exact) mass is 548 g/mol. The number of benzene rings is 2. The van der Waals surface area contributed by atoms with Gasteiger partial charge in [-0.3, -0.25) is 4.79 Å². The number of carbonyl (C=O) groups is 2. The molecular weight excluding hydrogens is 530 g/mol. The van der Waals surface area contributed by atoms with Crippen LogP contribution in [0.25, 0.3) is 0 Å². The summed E-state index contributed by atoms with van der Waals surface area (Å²) in [4.78, 5) is 24.0. The van der Waals surface area contributed by atoms with Crippen molar-refractivity contribution in [2.45, 2.75) is 4.90 Å². The van der Waals surface area contributed by atoms with Gasteiger partial charge in [-0.15, -0.1) is 0 Å². The van der Waals surface area contributed by atoms with Gasteiger partial charge in [-0.25, -0.2) is 17.6 Å². The molecule has 0 radical (unpaired) electrons. The molecule has 160 valence electrons. The molecule has 0 spiro atoms. The van der Waals surface area contributed by atoms with Gasteiger partial charge < -0.3 is 14.8 Å². The molecule has 1 N–H and O–H groups in total. The number of sulfonamides is 1. The zero-order chi connectivity index (χ0) is 21.7. The summed E-state index contributed by atoms with van der Waals surface area (Å²) in [6, 6.07) is 9.83. The summed E-state index contributed by atoms with van der Waals surface area (Å²) in [6.45, 7) is 0.192. The van der Waals surface area contributed by atoms with E-state index >= 15 is 0 Å². The number of anilines is 1. The summed E-state index contributed by atoms with van der Waals surface area (Å²) in [7, 11) is -3.91. The van der Waals surface area contributed by atoms with Crippen LogP contribution < -0.4 is 5.32 Å². The second-order valence-corrected chi connectivity index (χ2v) is 9.47. The Hall–Kier alpha value is -2.09. The van der Waals surface area contributed by atoms with Gasteiger partial charge in [0.2, 0.25) is 10.0 Å². The van der Waals surface area contributed by atoms with Gasteiger partial charge >= 0.3 is 5.97 Å². The molecule has 8 nitrogen and oxygen atoms in total. The first kappa shape index (κ1) is 22.6. The molecule has 1 aliphatic rings. The van der Waals surface area contributed by atoms with E-state index in [-0.39, 0.29) is 31.2 Å². The number of morpholine rings is 1. The van der Waals surface area contributed by atoms with Gasteiger partial charge in [0.1, 0.15) is 5.82 Å². The molecule has 2 aromatic rings. The Bertz CT molecular complexity index is 1040. The fraction of sp³-hybridized carbons (Fsp3) is 0.263. The number of rotatable bonds is 6. The lowest BCUT2D eigenvalue weighted by molar-refractivity contribution is -0.119. The maximum Gasteiger partial charge on any atom is 0.341 e. The van der Waals surface area contributed by atoms with Crippen LogP contribution in [0.5, 0.6) is 0 Å². The van der Waals surface area contributed by atoms with Gasteiger partial charge in [-0.2, -0.15) is 4.31 Å². The first-order valence-electron chi connectivity index (χ1n) is 8.87. The van der Waals surface area contributed by atoms with Gasteiger partial charge in [-0.05, 0) is 65.1 Å². The molecular formula is C19H18FIN2O6S. The first-order valence-corrected chi connectivity index (χ1v) is 11.4. The third kappa shape index (κ3) is 5.53. The molecule has 1 aliphatic heterocycles. The summed E-state index contributed by atoms with van der Waals surface area (Å²) in [5.74, 6) is -2.69. The van der Waals surface area contributed by atoms with Crippen LogP contribution in [0.4, 0.5) is 10.1 Å². The topological polar surface area (TPSA) is 102 Å². The summed E-state index contributed by atoms with van der Waals surface area (Å²) in [5.41, 5.74) is -0.0485. The van der Waals surface area contributed by atoms with Crippen LogP contribution in [0.15, 0.2) is 47.4 Å². The second-order valence-electron chi connectivity index (χ2n) is 6.29. The van der Waals surface area contributed by atoms with Crippen LogP contribution in [0.2, 0.25) is 0 Å². The van der Waals surface area contributed by atoms with E-state index < -0.39 is 39.9 Å². The molecule has 1 saturated heterocycles. The van der Waals surface area contributed by atoms with E-state index in [0.29, 0.717) is 5.69 Å². The van der Waals surface area contributed by atoms with Gasteiger partial charge in [0.05, 0.1) is 23.7 Å². The smallest absolute Gasteiger partial charge is 0.341 e. The highest BCUT2D eigenvalue weighted by atomic mass is 127. The molecule has 0 aromatic heterocycles. The average Bonchev–Trinajstić information content (AvgIpc) is 2.74. The highest BCUT2D eigenvalue weighted by Gasteiger charge is 2.28. The number of esters is 1. The molecule has 1 amide bonds. The second kappa shape index (κ2) is 9.81. The van der Waals surface area contributed by atoms with Crippen LogP contribution >= 0.6 is 22.6 Å². The molecule has 1 heterocycles. The highest BCUT2D eigenvalue weighted by Crippen LogP contribution is 2.21. The number of nitrogens with zero attached hydrogens (tertiary/aromatic N) is 1. The normalized spacial score (nSPS) is 14.9. The number of nitrogens with one attached hydrogen (secondary N) is 1. The fourth-order valence-corrected chi connectivity index (χ4v) is 4.49. The van der Waals surface area contributed by atoms with Crippen molar-refractivity contribution in [3.63, 3.8) is 0 Å². The minimum absolute atomic E-state index is 0.165. The van der Waals surface area contributed by atoms with E-state index in [0.717, 1.165) is 21.8 Å². The molecule has 3 rings (SSSR count). The Morgan fingerprint density at radius 3 is 2.47 bits per heavy atom. The molecule has 0 unspecified atom stereocenters. The number of halogens is 2. The van der Waals surface area contributed by atoms with Crippen LogP contribution in [0.1, 0.15) is 10.4 Å². The van der Waals surface area contributed by atoms with E-state index in [1.165, 1.54) is 4.31 Å². The Morgan fingerprint density at radius 2 is 1.80 bits per heavy atom. The Kier molecular flexibility index (Phi) is 7.39. The van der Waals surface area contributed by atoms with Crippen molar-refractivity contribution in [3.8, 4) is 0 Å². The molecule has 30 heavy (non-hydrogen) atoms. The Balaban J connectivity index is 1.67. The lowest BCUT2D eigenvalue weighted by atomic mass is 10.2. The molecule has 1 fully saturated rings. The summed E-state index contributed by atoms with van der Waals surface area (Å²) in [6.07, 6.45) is 0. The van der Waals surface area contributed by atoms with Crippen LogP contribution in [0, 0.1) is 9.39 Å². The first-order chi connectivity index (χ1) is 14.3. The zero-order valence-corrected chi connectivity index (χ0v) is 18.6. The van der Waals surface area contributed by atoms with Crippen molar-refractivity contribution in [1.29, 1.82) is 0 Å². The van der Waals surface area contributed by atoms with Crippen molar-refractivity contribution in [2.24, 2.45) is 0 Å². The Labute approximate surface area is 186 Å². The van der Waals surface area contributed by atoms with E-state index in [1.807, 2.05) is 0 Å². The number of amides is 1. The van der Waals surface area contributed by atoms with Gasteiger partial charge in [0, 0.05) is 22.3 Å². The summed E-state index contributed by atoms with van der Waals surface area (Å²) >= 11 is 2.12. The van der Waals surface area contributed by atoms with Crippen molar-refractivity contribution in [1.82, 2.24) is 4.31 Å². The average molecular weight is 548 g/mol. The number of carbonyl (C=O) groups excluding carboxylic acids is 2. The van der Waals surface area contributed by atoms with E-state index in [1.54, 1.807) is 24.3 Å². The summed E-state index contributed by atoms with van der Waals surface area (Å²) < 4.78 is 51.7. The maximum absolute atomic E-state index is 14.1. The van der Waals surface area contributed by atoms with Crippen molar-refractivity contribution in [3.05, 3.63) is 57.4 Å². The maximum atomic E-state index is 14.1. The Morgan fingerprint density at radius 1 is 1.13 bits per heavy atom. The van der Waals surface area contributed by atoms with Crippen LogP contribution in [-0.4, -0.2) is 57.5 Å². The minimum atomic E-state index is -3.91. The van der Waals surface area contributed by atoms with Crippen molar-refractivity contribution >= 4 is 50.2 Å². The third-order valence-corrected chi connectivity index (χ3v) is 6.84. The fourth-order valence-electron chi connectivity index (χ4n) is 2.70. The number of hydrogen-bond acceptors (Lipinski definition) is 6. The van der Waals surface area contributed by atoms with Gasteiger partial charge in [-0.1, -0.05) is 0 Å². The number of hydrogen-bond donors (Lipinski definition) is 1. The largest absolute Gasteiger partial charge is 0.452 e. The number of ether oxygens (including phenoxy) is 2. The molecule has 0 saturated carbocycles. The molecule has 0 atom stereocenters. The van der Waals surface area contributed by atoms with Crippen LogP contribution in [0.3, 0.4) is 0 Å². The van der Waals surface area contributed by atoms with E-state index in [4.69, 9.17) is 9.47 Å². The van der Waals surface area contributed by atoms with Gasteiger partial charge in [0.25, 0.3) is 5.91 Å². The summed E-state index contributed by atoms with van der Waals surface area (Å²) in [5, 5.41) is 2.54. The predicted molar refractivity (Wildman–Crippen MR) is 114 cm³/mol. The highest BCUT2D eigenvalue weighted by molar-refractivity contribution is 14.1. The third-order valence-electron chi connectivity index (χ3n) is 4.23. The molecule has 0 bridgehead atoms. The molecule has 2 aromatic carbocycles. The van der Waals surface area contributed by atoms with Gasteiger partial charge in [0.15, 0.2) is 6.61 Å². The van der Waals surface area contributed by atoms with Crippen molar-refractivity contribution < 1.29 is 31.9 Å².